The molecule has 23 heavy (non-hydrogen) atoms. The first-order chi connectivity index (χ1) is 11.0. The van der Waals surface area contributed by atoms with Crippen molar-refractivity contribution in [2.75, 3.05) is 0 Å². The molecule has 120 valence electrons. The number of carboxylic acids is 1. The van der Waals surface area contributed by atoms with E-state index in [0.29, 0.717) is 36.0 Å². The summed E-state index contributed by atoms with van der Waals surface area (Å²) >= 11 is 0. The Balaban J connectivity index is 1.91. The van der Waals surface area contributed by atoms with Gasteiger partial charge in [-0.1, -0.05) is 43.3 Å². The number of hydrogen-bond acceptors (Lipinski definition) is 2. The molecule has 0 radical (unpaired) electrons. The fourth-order valence-electron chi connectivity index (χ4n) is 2.92. The van der Waals surface area contributed by atoms with Crippen LogP contribution < -0.4 is 0 Å². The van der Waals surface area contributed by atoms with Crippen LogP contribution in [0.5, 0.6) is 0 Å². The van der Waals surface area contributed by atoms with Gasteiger partial charge < -0.3 is 10.2 Å². The number of aliphatic hydroxyl groups is 1. The van der Waals surface area contributed by atoms with E-state index in [0.717, 1.165) is 5.56 Å². The monoisotopic (exact) mass is 314 g/mol. The molecule has 2 aromatic rings. The van der Waals surface area contributed by atoms with E-state index >= 15 is 0 Å². The van der Waals surface area contributed by atoms with E-state index in [1.54, 1.807) is 36.4 Å². The number of carboxylic acid groups (broad SMARTS) is 1. The molecule has 1 aliphatic rings. The van der Waals surface area contributed by atoms with E-state index in [-0.39, 0.29) is 0 Å². The van der Waals surface area contributed by atoms with Gasteiger partial charge in [-0.2, -0.15) is 0 Å². The Bertz CT molecular complexity index is 733. The number of aliphatic carboxylic acids is 1. The van der Waals surface area contributed by atoms with Gasteiger partial charge in [0, 0.05) is 5.56 Å². The Labute approximate surface area is 134 Å². The molecule has 1 fully saturated rings. The van der Waals surface area contributed by atoms with Crippen molar-refractivity contribution in [2.45, 2.75) is 37.7 Å². The lowest BCUT2D eigenvalue weighted by molar-refractivity contribution is -0.140. The quantitative estimate of drug-likeness (QED) is 0.875. The topological polar surface area (TPSA) is 57.5 Å². The summed E-state index contributed by atoms with van der Waals surface area (Å²) in [6.07, 6.45) is 1.23. The van der Waals surface area contributed by atoms with Crippen LogP contribution in [-0.2, 0) is 10.2 Å². The zero-order valence-corrected chi connectivity index (χ0v) is 12.9. The van der Waals surface area contributed by atoms with Gasteiger partial charge in [-0.15, -0.1) is 0 Å². The summed E-state index contributed by atoms with van der Waals surface area (Å²) in [7, 11) is 0. The molecule has 0 saturated heterocycles. The lowest BCUT2D eigenvalue weighted by atomic mass is 9.93. The van der Waals surface area contributed by atoms with Crippen molar-refractivity contribution >= 4 is 5.97 Å². The number of halogens is 1. The molecule has 2 N–H and O–H groups in total. The molecule has 0 aliphatic heterocycles. The molecule has 1 saturated carbocycles. The highest BCUT2D eigenvalue weighted by Gasteiger charge is 2.51. The second kappa shape index (κ2) is 5.78. The van der Waals surface area contributed by atoms with Gasteiger partial charge in [-0.05, 0) is 42.0 Å². The summed E-state index contributed by atoms with van der Waals surface area (Å²) in [5.74, 6) is -1.30. The molecular weight excluding hydrogens is 295 g/mol. The van der Waals surface area contributed by atoms with E-state index in [2.05, 4.69) is 0 Å². The summed E-state index contributed by atoms with van der Waals surface area (Å²) in [5, 5.41) is 19.1. The molecule has 0 bridgehead atoms. The Morgan fingerprint density at radius 3 is 2.35 bits per heavy atom. The average molecular weight is 314 g/mol. The minimum Gasteiger partial charge on any atom is -0.481 e. The van der Waals surface area contributed by atoms with E-state index in [4.69, 9.17) is 0 Å². The van der Waals surface area contributed by atoms with E-state index < -0.39 is 23.3 Å². The van der Waals surface area contributed by atoms with E-state index in [1.807, 2.05) is 6.92 Å². The summed E-state index contributed by atoms with van der Waals surface area (Å²) in [5.41, 5.74) is 1.59. The summed E-state index contributed by atoms with van der Waals surface area (Å²) in [4.78, 5) is 11.3. The van der Waals surface area contributed by atoms with Crippen LogP contribution in [0.1, 0.15) is 43.4 Å². The number of benzene rings is 2. The van der Waals surface area contributed by atoms with Crippen molar-refractivity contribution in [3.63, 3.8) is 0 Å². The predicted molar refractivity (Wildman–Crippen MR) is 85.6 cm³/mol. The van der Waals surface area contributed by atoms with Gasteiger partial charge in [-0.3, -0.25) is 4.79 Å². The van der Waals surface area contributed by atoms with Crippen LogP contribution in [0, 0.1) is 5.82 Å². The number of carbonyl (C=O) groups is 1. The fraction of sp³-hybridized carbons (Fsp3) is 0.316. The summed E-state index contributed by atoms with van der Waals surface area (Å²) in [6.45, 7) is 1.90. The normalized spacial score (nSPS) is 16.8. The highest BCUT2D eigenvalue weighted by atomic mass is 19.1. The fourth-order valence-corrected chi connectivity index (χ4v) is 2.92. The van der Waals surface area contributed by atoms with Gasteiger partial charge in [0.2, 0.25) is 0 Å². The smallest absolute Gasteiger partial charge is 0.314 e. The van der Waals surface area contributed by atoms with Crippen molar-refractivity contribution in [2.24, 2.45) is 0 Å². The van der Waals surface area contributed by atoms with Crippen LogP contribution in [0.15, 0.2) is 42.5 Å². The van der Waals surface area contributed by atoms with Crippen LogP contribution in [0.3, 0.4) is 0 Å². The highest BCUT2D eigenvalue weighted by molar-refractivity contribution is 5.85. The van der Waals surface area contributed by atoms with Crippen LogP contribution in [0.2, 0.25) is 0 Å². The van der Waals surface area contributed by atoms with Crippen LogP contribution in [-0.4, -0.2) is 16.2 Å². The van der Waals surface area contributed by atoms with Gasteiger partial charge in [0.25, 0.3) is 0 Å². The number of aliphatic hydroxyl groups excluding tert-OH is 1. The molecule has 1 unspecified atom stereocenters. The summed E-state index contributed by atoms with van der Waals surface area (Å²) in [6, 6.07) is 11.8. The van der Waals surface area contributed by atoms with E-state index in [1.165, 1.54) is 6.07 Å². The van der Waals surface area contributed by atoms with Gasteiger partial charge in [0.1, 0.15) is 5.82 Å². The molecule has 0 amide bonds. The van der Waals surface area contributed by atoms with Gasteiger partial charge in [0.05, 0.1) is 11.5 Å². The lowest BCUT2D eigenvalue weighted by Crippen LogP contribution is -2.19. The molecule has 1 atom stereocenters. The van der Waals surface area contributed by atoms with Crippen LogP contribution >= 0.6 is 0 Å². The zero-order valence-electron chi connectivity index (χ0n) is 12.9. The average Bonchev–Trinajstić information content (AvgIpc) is 3.36. The largest absolute Gasteiger partial charge is 0.481 e. The van der Waals surface area contributed by atoms with Crippen LogP contribution in [0.25, 0.3) is 11.1 Å². The highest BCUT2D eigenvalue weighted by Crippen LogP contribution is 2.49. The van der Waals surface area contributed by atoms with Gasteiger partial charge >= 0.3 is 5.97 Å². The molecule has 0 heterocycles. The van der Waals surface area contributed by atoms with Crippen molar-refractivity contribution in [1.29, 1.82) is 0 Å². The Kier molecular flexibility index (Phi) is 3.94. The number of rotatable bonds is 5. The molecular formula is C19H19FO3. The minimum atomic E-state index is -0.894. The molecule has 4 heteroatoms. The molecule has 0 aromatic heterocycles. The van der Waals surface area contributed by atoms with Crippen molar-refractivity contribution in [3.8, 4) is 11.1 Å². The van der Waals surface area contributed by atoms with Crippen molar-refractivity contribution in [1.82, 2.24) is 0 Å². The molecule has 1 aliphatic carbocycles. The third kappa shape index (κ3) is 2.75. The van der Waals surface area contributed by atoms with Crippen molar-refractivity contribution < 1.29 is 19.4 Å². The van der Waals surface area contributed by atoms with Crippen LogP contribution in [0.4, 0.5) is 4.39 Å². The SMILES string of the molecule is CCC(O)c1ccc(-c2ccc(C3(C(=O)O)CC3)cc2F)cc1. The predicted octanol–water partition coefficient (Wildman–Crippen LogP) is 4.05. The van der Waals surface area contributed by atoms with Crippen molar-refractivity contribution in [3.05, 3.63) is 59.4 Å². The minimum absolute atomic E-state index is 0.418. The molecule has 0 spiro atoms. The first kappa shape index (κ1) is 15.7. The second-order valence-corrected chi connectivity index (χ2v) is 6.13. The first-order valence-corrected chi connectivity index (χ1v) is 7.80. The lowest BCUT2D eigenvalue weighted by Gasteiger charge is -2.13. The molecule has 2 aromatic carbocycles. The third-order valence-corrected chi connectivity index (χ3v) is 4.67. The zero-order chi connectivity index (χ0) is 16.6. The van der Waals surface area contributed by atoms with E-state index in [9.17, 15) is 19.4 Å². The Morgan fingerprint density at radius 1 is 1.22 bits per heavy atom. The number of hydrogen-bond donors (Lipinski definition) is 2. The standard InChI is InChI=1S/C19H19FO3/c1-2-17(21)13-5-3-12(4-6-13)15-8-7-14(11-16(15)20)19(9-10-19)18(22)23/h3-8,11,17,21H,2,9-10H2,1H3,(H,22,23). The Morgan fingerprint density at radius 2 is 1.87 bits per heavy atom. The summed E-state index contributed by atoms with van der Waals surface area (Å²) < 4.78 is 14.4. The van der Waals surface area contributed by atoms with Gasteiger partial charge in [0.15, 0.2) is 0 Å². The first-order valence-electron chi connectivity index (χ1n) is 7.80. The molecule has 3 rings (SSSR count). The third-order valence-electron chi connectivity index (χ3n) is 4.67. The second-order valence-electron chi connectivity index (χ2n) is 6.13. The Hall–Kier alpha value is -2.20. The molecule has 3 nitrogen and oxygen atoms in total. The maximum Gasteiger partial charge on any atom is 0.314 e. The maximum atomic E-state index is 14.4. The van der Waals surface area contributed by atoms with Gasteiger partial charge in [-0.25, -0.2) is 4.39 Å². The maximum absolute atomic E-state index is 14.4.